The van der Waals surface area contributed by atoms with Gasteiger partial charge in [-0.05, 0) is 40.2 Å². The maximum atomic E-state index is 13.3. The van der Waals surface area contributed by atoms with Gasteiger partial charge in [-0.15, -0.1) is 11.3 Å². The average Bonchev–Trinajstić information content (AvgIpc) is 3.15. The largest absolute Gasteiger partial charge is 0.384 e. The van der Waals surface area contributed by atoms with Crippen molar-refractivity contribution in [2.24, 2.45) is 5.73 Å². The lowest BCUT2D eigenvalue weighted by Crippen LogP contribution is -2.38. The summed E-state index contributed by atoms with van der Waals surface area (Å²) in [5.41, 5.74) is 10.7. The molecule has 0 aliphatic carbocycles. The third-order valence-corrected chi connectivity index (χ3v) is 7.33. The topological polar surface area (TPSA) is 95.6 Å². The van der Waals surface area contributed by atoms with Gasteiger partial charge in [-0.2, -0.15) is 10.5 Å². The molecular weight excluding hydrogens is 440 g/mol. The first kappa shape index (κ1) is 23.3. The fourth-order valence-corrected chi connectivity index (χ4v) is 5.31. The highest BCUT2D eigenvalue weighted by molar-refractivity contribution is 7.07. The van der Waals surface area contributed by atoms with Crippen molar-refractivity contribution < 1.29 is 0 Å². The molecule has 1 aliphatic heterocycles. The van der Waals surface area contributed by atoms with E-state index in [1.165, 1.54) is 27.0 Å². The second kappa shape index (κ2) is 9.17. The summed E-state index contributed by atoms with van der Waals surface area (Å²) in [6.45, 7) is 8.48. The van der Waals surface area contributed by atoms with Gasteiger partial charge in [0.05, 0.1) is 33.7 Å². The Labute approximate surface area is 203 Å². The Balaban J connectivity index is 1.94. The highest BCUT2D eigenvalue weighted by Crippen LogP contribution is 2.36. The van der Waals surface area contributed by atoms with Gasteiger partial charge in [0.15, 0.2) is 0 Å². The van der Waals surface area contributed by atoms with E-state index in [0.717, 1.165) is 11.1 Å². The van der Waals surface area contributed by atoms with E-state index in [1.807, 2.05) is 54.6 Å². The summed E-state index contributed by atoms with van der Waals surface area (Å²) >= 11 is 1.23. The zero-order valence-electron chi connectivity index (χ0n) is 19.7. The van der Waals surface area contributed by atoms with Crippen LogP contribution in [0.4, 0.5) is 0 Å². The second-order valence-corrected chi connectivity index (χ2v) is 10.1. The maximum absolute atomic E-state index is 13.3. The normalized spacial score (nSPS) is 16.1. The van der Waals surface area contributed by atoms with Gasteiger partial charge < -0.3 is 5.73 Å². The smallest absolute Gasteiger partial charge is 0.274 e. The molecule has 5 nitrogen and oxygen atoms in total. The average molecular weight is 467 g/mol. The summed E-state index contributed by atoms with van der Waals surface area (Å²) in [4.78, 5) is 13.3. The first-order chi connectivity index (χ1) is 16.3. The Bertz CT molecular complexity index is 1540. The van der Waals surface area contributed by atoms with Gasteiger partial charge in [0.2, 0.25) is 0 Å². The zero-order valence-corrected chi connectivity index (χ0v) is 20.5. The molecule has 0 bridgehead atoms. The van der Waals surface area contributed by atoms with Gasteiger partial charge in [0.25, 0.3) is 5.56 Å². The molecule has 0 amide bonds. The molecule has 1 atom stereocenters. The molecular formula is C28H26N4OS. The molecule has 0 unspecified atom stereocenters. The number of allylic oxidation sites excluding steroid dienone is 1. The first-order valence-electron chi connectivity index (χ1n) is 11.2. The van der Waals surface area contributed by atoms with Crippen LogP contribution < -0.4 is 20.5 Å². The molecule has 0 radical (unpaired) electrons. The van der Waals surface area contributed by atoms with Crippen LogP contribution in [0.1, 0.15) is 67.7 Å². The van der Waals surface area contributed by atoms with Crippen molar-refractivity contribution in [3.63, 3.8) is 0 Å². The number of nitrogens with zero attached hydrogens (tertiary/aromatic N) is 3. The first-order valence-corrected chi connectivity index (χ1v) is 12.1. The predicted molar refractivity (Wildman–Crippen MR) is 137 cm³/mol. The van der Waals surface area contributed by atoms with Gasteiger partial charge >= 0.3 is 0 Å². The minimum Gasteiger partial charge on any atom is -0.384 e. The van der Waals surface area contributed by atoms with Crippen LogP contribution in [0.3, 0.4) is 0 Å². The summed E-state index contributed by atoms with van der Waals surface area (Å²) in [6, 6.07) is 20.4. The number of nitrogens with two attached hydrogens (primary N) is 1. The molecule has 2 N–H and O–H groups in total. The van der Waals surface area contributed by atoms with Crippen LogP contribution in [0.5, 0.6) is 0 Å². The van der Waals surface area contributed by atoms with Crippen molar-refractivity contribution in [2.45, 2.75) is 45.4 Å². The van der Waals surface area contributed by atoms with Crippen LogP contribution >= 0.6 is 11.3 Å². The number of benzene rings is 2. The van der Waals surface area contributed by atoms with Gasteiger partial charge in [-0.25, -0.2) is 0 Å². The van der Waals surface area contributed by atoms with E-state index in [2.05, 4.69) is 39.8 Å². The highest BCUT2D eigenvalue weighted by atomic mass is 32.1. The van der Waals surface area contributed by atoms with E-state index in [1.54, 1.807) is 0 Å². The van der Waals surface area contributed by atoms with E-state index in [0.29, 0.717) is 26.6 Å². The van der Waals surface area contributed by atoms with Crippen LogP contribution in [0.25, 0.3) is 17.5 Å². The zero-order chi connectivity index (χ0) is 24.6. The molecule has 0 saturated heterocycles. The Morgan fingerprint density at radius 2 is 1.44 bits per heavy atom. The summed E-state index contributed by atoms with van der Waals surface area (Å²) < 4.78 is 2.26. The molecule has 0 fully saturated rings. The number of nitriles is 2. The molecule has 3 aromatic rings. The van der Waals surface area contributed by atoms with E-state index in [9.17, 15) is 15.3 Å². The van der Waals surface area contributed by atoms with E-state index < -0.39 is 5.92 Å². The number of fused-ring (bicyclic) bond motifs is 1. The lowest BCUT2D eigenvalue weighted by Gasteiger charge is -2.22. The lowest BCUT2D eigenvalue weighted by atomic mass is 9.83. The Hall–Kier alpha value is -3.87. The predicted octanol–water partition coefficient (Wildman–Crippen LogP) is 4.11. The number of aromatic nitrogens is 1. The standard InChI is InChI=1S/C28H26N4OS/c1-16(2)19-7-5-18(6-8-19)13-24-27(33)32-26(31)22(14-29)25(23(15-30)28(32)34-24)21-11-9-20(10-12-21)17(3)4/h5-13,16-17,25H,31H2,1-4H3/b24-13+/t25-/m0/s1. The molecule has 0 spiro atoms. The van der Waals surface area contributed by atoms with E-state index in [-0.39, 0.29) is 17.0 Å². The van der Waals surface area contributed by atoms with E-state index >= 15 is 0 Å². The van der Waals surface area contributed by atoms with Crippen molar-refractivity contribution >= 4 is 28.8 Å². The minimum absolute atomic E-state index is 0.0884. The van der Waals surface area contributed by atoms with Crippen molar-refractivity contribution in [1.82, 2.24) is 4.57 Å². The van der Waals surface area contributed by atoms with Crippen LogP contribution in [-0.2, 0) is 0 Å². The van der Waals surface area contributed by atoms with Gasteiger partial charge in [0.1, 0.15) is 10.5 Å². The van der Waals surface area contributed by atoms with E-state index in [4.69, 9.17) is 5.73 Å². The lowest BCUT2D eigenvalue weighted by molar-refractivity contribution is 0.861. The number of rotatable bonds is 4. The quantitative estimate of drug-likeness (QED) is 0.626. The SMILES string of the molecule is CC(C)c1ccc(/C=c2/sc3n(c2=O)C(N)=C(C#N)[C@H](c2ccc(C(C)C)cc2)C=3C#N)cc1. The molecule has 0 saturated carbocycles. The van der Waals surface area contributed by atoms with Crippen molar-refractivity contribution in [3.05, 3.63) is 95.9 Å². The molecule has 1 aromatic heterocycles. The summed E-state index contributed by atoms with van der Waals surface area (Å²) in [5.74, 6) is 0.270. The van der Waals surface area contributed by atoms with Crippen molar-refractivity contribution in [3.8, 4) is 12.1 Å². The van der Waals surface area contributed by atoms with Crippen molar-refractivity contribution in [1.29, 1.82) is 10.5 Å². The molecule has 170 valence electrons. The summed E-state index contributed by atoms with van der Waals surface area (Å²) in [7, 11) is 0. The third kappa shape index (κ3) is 3.98. The summed E-state index contributed by atoms with van der Waals surface area (Å²) in [6.07, 6.45) is 1.81. The molecule has 4 rings (SSSR count). The van der Waals surface area contributed by atoms with Gasteiger partial charge in [0, 0.05) is 0 Å². The fourth-order valence-electron chi connectivity index (χ4n) is 4.19. The monoisotopic (exact) mass is 466 g/mol. The molecule has 1 aliphatic rings. The van der Waals surface area contributed by atoms with Crippen molar-refractivity contribution in [2.75, 3.05) is 0 Å². The third-order valence-electron chi connectivity index (χ3n) is 6.23. The summed E-state index contributed by atoms with van der Waals surface area (Å²) in [5, 5.41) is 20.1. The number of hydrogen-bond acceptors (Lipinski definition) is 5. The Kier molecular flexibility index (Phi) is 6.28. The Morgan fingerprint density at radius 3 is 1.94 bits per heavy atom. The Morgan fingerprint density at radius 1 is 0.912 bits per heavy atom. The van der Waals surface area contributed by atoms with Crippen LogP contribution in [0, 0.1) is 22.7 Å². The number of thiazole rings is 1. The minimum atomic E-state index is -0.604. The van der Waals surface area contributed by atoms with Crippen LogP contribution in [0.15, 0.2) is 58.9 Å². The van der Waals surface area contributed by atoms with Gasteiger partial charge in [-0.3, -0.25) is 9.36 Å². The second-order valence-electron chi connectivity index (χ2n) is 9.07. The van der Waals surface area contributed by atoms with Crippen LogP contribution in [-0.4, -0.2) is 4.57 Å². The van der Waals surface area contributed by atoms with Gasteiger partial charge in [-0.1, -0.05) is 76.2 Å². The maximum Gasteiger partial charge on any atom is 0.274 e. The fraction of sp³-hybridized carbons (Fsp3) is 0.250. The number of hydrogen-bond donors (Lipinski definition) is 1. The highest BCUT2D eigenvalue weighted by Gasteiger charge is 2.32. The molecule has 34 heavy (non-hydrogen) atoms. The molecule has 2 aromatic carbocycles. The molecule has 2 heterocycles. The van der Waals surface area contributed by atoms with Crippen LogP contribution in [0.2, 0.25) is 0 Å². The molecule has 6 heteroatoms.